The number of para-hydroxylation sites is 2. The molecule has 0 amide bonds. The second kappa shape index (κ2) is 11.5. The second-order valence-corrected chi connectivity index (χ2v) is 15.4. The van der Waals surface area contributed by atoms with Crippen molar-refractivity contribution < 1.29 is 4.42 Å². The van der Waals surface area contributed by atoms with E-state index in [1.165, 1.54) is 60.0 Å². The molecule has 1 aliphatic heterocycles. The molecule has 1 aliphatic carbocycles. The van der Waals surface area contributed by atoms with Crippen molar-refractivity contribution in [2.24, 2.45) is 0 Å². The molecule has 266 valence electrons. The van der Waals surface area contributed by atoms with Gasteiger partial charge in [0.2, 0.25) is 0 Å². The van der Waals surface area contributed by atoms with Gasteiger partial charge in [0, 0.05) is 44.4 Å². The van der Waals surface area contributed by atoms with Gasteiger partial charge in [-0.05, 0) is 105 Å². The summed E-state index contributed by atoms with van der Waals surface area (Å²) < 4.78 is 8.51. The molecule has 0 saturated heterocycles. The maximum Gasteiger partial charge on any atom is 0.138 e. The molecule has 4 heteroatoms. The summed E-state index contributed by atoms with van der Waals surface area (Å²) in [6.07, 6.45) is 9.16. The molecule has 3 aromatic heterocycles. The van der Waals surface area contributed by atoms with Gasteiger partial charge in [-0.1, -0.05) is 121 Å². The van der Waals surface area contributed by atoms with Crippen molar-refractivity contribution in [2.75, 3.05) is 4.90 Å². The summed E-state index contributed by atoms with van der Waals surface area (Å²) in [6.45, 7) is 0. The van der Waals surface area contributed by atoms with Crippen molar-refractivity contribution in [2.45, 2.75) is 12.0 Å². The molecule has 0 N–H and O–H groups in total. The number of hydrogen-bond acceptors (Lipinski definition) is 3. The molecule has 0 saturated carbocycles. The molecule has 57 heavy (non-hydrogen) atoms. The van der Waals surface area contributed by atoms with E-state index in [1.807, 2.05) is 12.1 Å². The van der Waals surface area contributed by atoms with Crippen LogP contribution in [-0.2, 0) is 0 Å². The topological polar surface area (TPSA) is 34.2 Å². The Morgan fingerprint density at radius 3 is 1.96 bits per heavy atom. The summed E-state index contributed by atoms with van der Waals surface area (Å²) in [6, 6.07) is 59.5. The number of furan rings is 1. The van der Waals surface area contributed by atoms with Gasteiger partial charge in [-0.3, -0.25) is 4.57 Å². The van der Waals surface area contributed by atoms with Crippen molar-refractivity contribution in [1.29, 1.82) is 0 Å². The van der Waals surface area contributed by atoms with Crippen molar-refractivity contribution in [1.82, 2.24) is 9.55 Å². The van der Waals surface area contributed by atoms with Crippen molar-refractivity contribution in [3.05, 3.63) is 194 Å². The monoisotopic (exact) mass is 727 g/mol. The standard InChI is InChI=1S/C53H33N3O/c1-2-14-36-34(12-1)35-13-3-4-15-37(35)42-29-33(25-26-38(36)42)55-47-20-8-5-16-39(47)43-30-44-40-17-6-9-21-48(40)56(50(44)31-49(43)55)53-23-11-19-46(54-53)32-24-27-52-45(28-32)41-18-7-10-22-51(41)57-52/h1-31,39,47H. The van der Waals surface area contributed by atoms with Gasteiger partial charge in [-0.2, -0.15) is 0 Å². The zero-order valence-corrected chi connectivity index (χ0v) is 30.8. The zero-order valence-electron chi connectivity index (χ0n) is 30.8. The Balaban J connectivity index is 1.02. The molecule has 4 nitrogen and oxygen atoms in total. The first kappa shape index (κ1) is 30.8. The quantitative estimate of drug-likeness (QED) is 0.170. The van der Waals surface area contributed by atoms with E-state index >= 15 is 0 Å². The Labute approximate surface area is 327 Å². The SMILES string of the molecule is C1=CC2c3cc4c5ccccc5n(-c5cccc(-c6ccc7oc8ccccc8c7c6)n5)c4cc3N(c3ccc4c5ccccc5c5ccccc5c4c3)C2C=C1. The molecule has 0 fully saturated rings. The zero-order chi connectivity index (χ0) is 37.2. The Bertz CT molecular complexity index is 3530. The number of aromatic nitrogens is 2. The Hall–Kier alpha value is -7.43. The fraction of sp³-hybridized carbons (Fsp3) is 0.0377. The van der Waals surface area contributed by atoms with Gasteiger partial charge in [0.1, 0.15) is 17.0 Å². The third-order valence-electron chi connectivity index (χ3n) is 12.5. The number of anilines is 2. The van der Waals surface area contributed by atoms with E-state index in [-0.39, 0.29) is 12.0 Å². The molecule has 0 spiro atoms. The molecule has 0 bridgehead atoms. The van der Waals surface area contributed by atoms with Crippen LogP contribution in [-0.4, -0.2) is 15.6 Å². The number of nitrogens with zero attached hydrogens (tertiary/aromatic N) is 3. The van der Waals surface area contributed by atoms with E-state index < -0.39 is 0 Å². The first-order valence-corrected chi connectivity index (χ1v) is 19.7. The van der Waals surface area contributed by atoms with Gasteiger partial charge in [-0.15, -0.1) is 0 Å². The lowest BCUT2D eigenvalue weighted by atomic mass is 9.90. The van der Waals surface area contributed by atoms with Gasteiger partial charge in [-0.25, -0.2) is 4.98 Å². The average Bonchev–Trinajstić information content (AvgIpc) is 3.92. The lowest BCUT2D eigenvalue weighted by Crippen LogP contribution is -2.28. The maximum atomic E-state index is 6.15. The molecule has 2 atom stereocenters. The van der Waals surface area contributed by atoms with Crippen LogP contribution in [0.4, 0.5) is 11.4 Å². The third kappa shape index (κ3) is 4.35. The van der Waals surface area contributed by atoms with Gasteiger partial charge < -0.3 is 9.32 Å². The predicted molar refractivity (Wildman–Crippen MR) is 237 cm³/mol. The van der Waals surface area contributed by atoms with E-state index in [4.69, 9.17) is 9.40 Å². The summed E-state index contributed by atoms with van der Waals surface area (Å²) in [4.78, 5) is 7.95. The second-order valence-electron chi connectivity index (χ2n) is 15.4. The smallest absolute Gasteiger partial charge is 0.138 e. The summed E-state index contributed by atoms with van der Waals surface area (Å²) >= 11 is 0. The Kier molecular flexibility index (Phi) is 6.25. The highest BCUT2D eigenvalue weighted by atomic mass is 16.3. The van der Waals surface area contributed by atoms with Crippen LogP contribution in [0.25, 0.3) is 93.1 Å². The first-order valence-electron chi connectivity index (χ1n) is 19.7. The highest BCUT2D eigenvalue weighted by Crippen LogP contribution is 2.51. The minimum absolute atomic E-state index is 0.163. The van der Waals surface area contributed by atoms with E-state index in [0.717, 1.165) is 50.0 Å². The van der Waals surface area contributed by atoms with Crippen LogP contribution in [0, 0.1) is 0 Å². The first-order chi connectivity index (χ1) is 28.3. The number of rotatable bonds is 3. The average molecular weight is 728 g/mol. The lowest BCUT2D eigenvalue weighted by molar-refractivity contribution is 0.669. The number of fused-ring (bicyclic) bond motifs is 15. The molecule has 11 aromatic rings. The summed E-state index contributed by atoms with van der Waals surface area (Å²) in [5.41, 5.74) is 9.82. The lowest BCUT2D eigenvalue weighted by Gasteiger charge is -2.29. The van der Waals surface area contributed by atoms with Crippen molar-refractivity contribution in [3.8, 4) is 17.1 Å². The van der Waals surface area contributed by atoms with E-state index in [9.17, 15) is 0 Å². The molecule has 2 unspecified atom stereocenters. The summed E-state index contributed by atoms with van der Waals surface area (Å²) in [5, 5.41) is 12.4. The van der Waals surface area contributed by atoms with Gasteiger partial charge >= 0.3 is 0 Å². The molecule has 8 aromatic carbocycles. The van der Waals surface area contributed by atoms with Crippen molar-refractivity contribution in [3.63, 3.8) is 0 Å². The van der Waals surface area contributed by atoms with Crippen LogP contribution >= 0.6 is 0 Å². The molecule has 2 aliphatic rings. The van der Waals surface area contributed by atoms with E-state index in [1.54, 1.807) is 0 Å². The molecule has 0 radical (unpaired) electrons. The van der Waals surface area contributed by atoms with Gasteiger partial charge in [0.05, 0.1) is 22.8 Å². The Morgan fingerprint density at radius 2 is 1.14 bits per heavy atom. The van der Waals surface area contributed by atoms with Crippen LogP contribution in [0.1, 0.15) is 11.5 Å². The third-order valence-corrected chi connectivity index (χ3v) is 12.5. The minimum atomic E-state index is 0.163. The minimum Gasteiger partial charge on any atom is -0.456 e. The number of hydrogen-bond donors (Lipinski definition) is 0. The van der Waals surface area contributed by atoms with Crippen LogP contribution in [0.2, 0.25) is 0 Å². The Morgan fingerprint density at radius 1 is 0.456 bits per heavy atom. The van der Waals surface area contributed by atoms with Crippen LogP contribution in [0.5, 0.6) is 0 Å². The highest BCUT2D eigenvalue weighted by molar-refractivity contribution is 6.26. The van der Waals surface area contributed by atoms with Crippen LogP contribution in [0.3, 0.4) is 0 Å². The van der Waals surface area contributed by atoms with Crippen LogP contribution in [0.15, 0.2) is 193 Å². The highest BCUT2D eigenvalue weighted by Gasteiger charge is 2.38. The van der Waals surface area contributed by atoms with Crippen LogP contribution < -0.4 is 4.90 Å². The predicted octanol–water partition coefficient (Wildman–Crippen LogP) is 13.9. The summed E-state index contributed by atoms with van der Waals surface area (Å²) in [5.74, 6) is 1.12. The maximum absolute atomic E-state index is 6.15. The van der Waals surface area contributed by atoms with E-state index in [2.05, 4.69) is 185 Å². The summed E-state index contributed by atoms with van der Waals surface area (Å²) in [7, 11) is 0. The molecule has 13 rings (SSSR count). The molecular formula is C53H33N3O. The molecule has 4 heterocycles. The number of benzene rings is 8. The number of allylic oxidation sites excluding steroid dienone is 2. The van der Waals surface area contributed by atoms with Crippen molar-refractivity contribution >= 4 is 87.4 Å². The number of pyridine rings is 1. The fourth-order valence-electron chi connectivity index (χ4n) is 9.98. The normalized spacial score (nSPS) is 16.2. The molecular weight excluding hydrogens is 695 g/mol. The van der Waals surface area contributed by atoms with Gasteiger partial charge in [0.25, 0.3) is 0 Å². The van der Waals surface area contributed by atoms with Gasteiger partial charge in [0.15, 0.2) is 0 Å². The largest absolute Gasteiger partial charge is 0.456 e. The fourth-order valence-corrected chi connectivity index (χ4v) is 9.98. The van der Waals surface area contributed by atoms with E-state index in [0.29, 0.717) is 0 Å².